The molecule has 1 aromatic rings. The summed E-state index contributed by atoms with van der Waals surface area (Å²) in [4.78, 5) is 14.6. The molecule has 0 aliphatic rings. The van der Waals surface area contributed by atoms with E-state index in [1.807, 2.05) is 0 Å². The Bertz CT molecular complexity index is 416. The van der Waals surface area contributed by atoms with Gasteiger partial charge in [0, 0.05) is 0 Å². The van der Waals surface area contributed by atoms with E-state index >= 15 is 0 Å². The monoisotopic (exact) mass is 221 g/mol. The van der Waals surface area contributed by atoms with Crippen molar-refractivity contribution in [2.45, 2.75) is 0 Å². The number of carboxylic acids is 1. The van der Waals surface area contributed by atoms with Crippen LogP contribution in [0.1, 0.15) is 10.4 Å². The third-order valence-electron chi connectivity index (χ3n) is 1.59. The van der Waals surface area contributed by atoms with Gasteiger partial charge in [0.05, 0.1) is 11.3 Å². The lowest BCUT2D eigenvalue weighted by Crippen LogP contribution is -2.29. The molecule has 0 atom stereocenters. The lowest BCUT2D eigenvalue weighted by molar-refractivity contribution is 0.0697. The maximum Gasteiger partial charge on any atom is 0.335 e. The van der Waals surface area contributed by atoms with Crippen LogP contribution in [0.2, 0.25) is 0 Å². The Kier molecular flexibility index (Phi) is 4.33. The van der Waals surface area contributed by atoms with Gasteiger partial charge in [0.15, 0.2) is 0 Å². The standard InChI is InChI=1S/C9H11N5O2/c10-12-6-14-13-5-11-8-3-1-2-7(4-8)9(15)16/h1-6H,10H2,(H,11,13)(H,12,14)(H,15,16). The van der Waals surface area contributed by atoms with Crippen molar-refractivity contribution in [2.75, 3.05) is 0 Å². The van der Waals surface area contributed by atoms with Gasteiger partial charge in [-0.2, -0.15) is 5.10 Å². The number of nitrogens with one attached hydrogen (secondary N) is 2. The number of carboxylic acid groups (broad SMARTS) is 1. The van der Waals surface area contributed by atoms with Gasteiger partial charge in [0.1, 0.15) is 12.7 Å². The minimum Gasteiger partial charge on any atom is -0.478 e. The van der Waals surface area contributed by atoms with Gasteiger partial charge in [-0.1, -0.05) is 6.07 Å². The SMILES string of the molecule is NN=CNNC=Nc1cccc(C(=O)O)c1. The second kappa shape index (κ2) is 6.02. The van der Waals surface area contributed by atoms with Crippen molar-refractivity contribution in [3.63, 3.8) is 0 Å². The number of aromatic carboxylic acids is 1. The number of carbonyl (C=O) groups is 1. The quantitative estimate of drug-likeness (QED) is 0.184. The van der Waals surface area contributed by atoms with Crippen LogP contribution >= 0.6 is 0 Å². The Morgan fingerprint density at radius 3 is 2.81 bits per heavy atom. The van der Waals surface area contributed by atoms with Crippen molar-refractivity contribution >= 4 is 24.3 Å². The molecule has 84 valence electrons. The summed E-state index contributed by atoms with van der Waals surface area (Å²) in [7, 11) is 0. The summed E-state index contributed by atoms with van der Waals surface area (Å²) >= 11 is 0. The third-order valence-corrected chi connectivity index (χ3v) is 1.59. The summed E-state index contributed by atoms with van der Waals surface area (Å²) < 4.78 is 0. The molecule has 0 saturated heterocycles. The molecule has 0 unspecified atom stereocenters. The van der Waals surface area contributed by atoms with E-state index in [1.165, 1.54) is 24.8 Å². The van der Waals surface area contributed by atoms with Crippen LogP contribution in [0.5, 0.6) is 0 Å². The lowest BCUT2D eigenvalue weighted by atomic mass is 10.2. The number of hydrogen-bond acceptors (Lipinski definition) is 4. The number of hydrogen-bond donors (Lipinski definition) is 4. The van der Waals surface area contributed by atoms with Gasteiger partial charge in [0.25, 0.3) is 0 Å². The van der Waals surface area contributed by atoms with Crippen LogP contribution in [0.25, 0.3) is 0 Å². The van der Waals surface area contributed by atoms with E-state index in [9.17, 15) is 4.79 Å². The summed E-state index contributed by atoms with van der Waals surface area (Å²) in [5.41, 5.74) is 5.79. The van der Waals surface area contributed by atoms with Gasteiger partial charge in [-0.3, -0.25) is 10.9 Å². The van der Waals surface area contributed by atoms with Gasteiger partial charge < -0.3 is 10.9 Å². The Balaban J connectivity index is 2.59. The highest BCUT2D eigenvalue weighted by atomic mass is 16.4. The summed E-state index contributed by atoms with van der Waals surface area (Å²) in [5.74, 6) is 3.84. The molecule has 0 radical (unpaired) electrons. The molecule has 0 spiro atoms. The number of nitrogens with zero attached hydrogens (tertiary/aromatic N) is 2. The summed E-state index contributed by atoms with van der Waals surface area (Å²) in [6, 6.07) is 6.25. The van der Waals surface area contributed by atoms with Crippen LogP contribution in [-0.2, 0) is 0 Å². The number of nitrogens with two attached hydrogens (primary N) is 1. The van der Waals surface area contributed by atoms with Crippen molar-refractivity contribution in [3.8, 4) is 0 Å². The van der Waals surface area contributed by atoms with E-state index < -0.39 is 5.97 Å². The van der Waals surface area contributed by atoms with E-state index in [4.69, 9.17) is 10.9 Å². The molecule has 0 aliphatic carbocycles. The fourth-order valence-electron chi connectivity index (χ4n) is 0.938. The average molecular weight is 221 g/mol. The Labute approximate surface area is 91.7 Å². The molecule has 7 heteroatoms. The molecule has 0 bridgehead atoms. The van der Waals surface area contributed by atoms with Gasteiger partial charge in [0.2, 0.25) is 0 Å². The highest BCUT2D eigenvalue weighted by molar-refractivity contribution is 5.88. The molecule has 7 nitrogen and oxygen atoms in total. The minimum atomic E-state index is -0.988. The molecule has 1 rings (SSSR count). The topological polar surface area (TPSA) is 112 Å². The van der Waals surface area contributed by atoms with Crippen molar-refractivity contribution in [1.29, 1.82) is 0 Å². The van der Waals surface area contributed by atoms with Crippen LogP contribution in [0.3, 0.4) is 0 Å². The van der Waals surface area contributed by atoms with Crippen LogP contribution in [0, 0.1) is 0 Å². The first-order valence-electron chi connectivity index (χ1n) is 4.32. The zero-order chi connectivity index (χ0) is 11.8. The first kappa shape index (κ1) is 11.5. The van der Waals surface area contributed by atoms with Crippen molar-refractivity contribution in [3.05, 3.63) is 29.8 Å². The normalized spacial score (nSPS) is 10.8. The Morgan fingerprint density at radius 2 is 2.12 bits per heavy atom. The van der Waals surface area contributed by atoms with E-state index in [1.54, 1.807) is 12.1 Å². The average Bonchev–Trinajstić information content (AvgIpc) is 2.29. The van der Waals surface area contributed by atoms with E-state index in [2.05, 4.69) is 20.9 Å². The molecule has 0 fully saturated rings. The molecule has 0 aromatic heterocycles. The summed E-state index contributed by atoms with van der Waals surface area (Å²) in [5, 5.41) is 11.9. The number of hydrazine groups is 1. The van der Waals surface area contributed by atoms with Crippen LogP contribution in [0.15, 0.2) is 34.4 Å². The molecule has 0 amide bonds. The van der Waals surface area contributed by atoms with Crippen molar-refractivity contribution in [2.24, 2.45) is 15.9 Å². The first-order valence-corrected chi connectivity index (χ1v) is 4.32. The molecular weight excluding hydrogens is 210 g/mol. The van der Waals surface area contributed by atoms with Gasteiger partial charge in [-0.25, -0.2) is 9.79 Å². The number of benzene rings is 1. The smallest absolute Gasteiger partial charge is 0.335 e. The number of rotatable bonds is 5. The van der Waals surface area contributed by atoms with Gasteiger partial charge in [-0.15, -0.1) is 0 Å². The molecule has 1 aromatic carbocycles. The lowest BCUT2D eigenvalue weighted by Gasteiger charge is -1.98. The fourth-order valence-corrected chi connectivity index (χ4v) is 0.938. The van der Waals surface area contributed by atoms with Gasteiger partial charge >= 0.3 is 5.97 Å². The predicted octanol–water partition coefficient (Wildman–Crippen LogP) is 0.0408. The molecule has 16 heavy (non-hydrogen) atoms. The molecule has 0 saturated carbocycles. The predicted molar refractivity (Wildman–Crippen MR) is 60.5 cm³/mol. The number of hydrazone groups is 1. The maximum atomic E-state index is 10.7. The third kappa shape index (κ3) is 3.66. The first-order chi connectivity index (χ1) is 7.74. The summed E-state index contributed by atoms with van der Waals surface area (Å²) in [6.07, 6.45) is 2.59. The Morgan fingerprint density at radius 1 is 1.38 bits per heavy atom. The van der Waals surface area contributed by atoms with Crippen LogP contribution in [0.4, 0.5) is 5.69 Å². The van der Waals surface area contributed by atoms with E-state index in [0.717, 1.165) is 0 Å². The molecule has 0 aliphatic heterocycles. The highest BCUT2D eigenvalue weighted by Crippen LogP contribution is 2.12. The fraction of sp³-hybridized carbons (Fsp3) is 0. The van der Waals surface area contributed by atoms with Gasteiger partial charge in [-0.05, 0) is 18.2 Å². The highest BCUT2D eigenvalue weighted by Gasteiger charge is 2.01. The Hall–Kier alpha value is -2.57. The van der Waals surface area contributed by atoms with Crippen LogP contribution in [-0.4, -0.2) is 23.8 Å². The molecule has 0 heterocycles. The molecule has 5 N–H and O–H groups in total. The molecular formula is C9H11N5O2. The zero-order valence-corrected chi connectivity index (χ0v) is 8.29. The van der Waals surface area contributed by atoms with E-state index in [-0.39, 0.29) is 5.56 Å². The van der Waals surface area contributed by atoms with Crippen molar-refractivity contribution in [1.82, 2.24) is 10.9 Å². The van der Waals surface area contributed by atoms with E-state index in [0.29, 0.717) is 5.69 Å². The maximum absolute atomic E-state index is 10.7. The van der Waals surface area contributed by atoms with Crippen molar-refractivity contribution < 1.29 is 9.90 Å². The zero-order valence-electron chi connectivity index (χ0n) is 8.29. The summed E-state index contributed by atoms with van der Waals surface area (Å²) in [6.45, 7) is 0. The van der Waals surface area contributed by atoms with Crippen LogP contribution < -0.4 is 16.7 Å². The largest absolute Gasteiger partial charge is 0.478 e. The second-order valence-electron chi connectivity index (χ2n) is 2.68. The minimum absolute atomic E-state index is 0.186. The number of aliphatic imine (C=N–C) groups is 1. The second-order valence-corrected chi connectivity index (χ2v) is 2.68.